The van der Waals surface area contributed by atoms with E-state index in [9.17, 15) is 22.8 Å². The number of carbonyl (C=O) groups is 2. The number of rotatable bonds is 3. The Bertz CT molecular complexity index is 1380. The van der Waals surface area contributed by atoms with Gasteiger partial charge in [0.05, 0.1) is 33.9 Å². The molecule has 2 aromatic carbocycles. The molecular formula is C25H19Cl3F3N3O3. The van der Waals surface area contributed by atoms with E-state index in [0.717, 1.165) is 30.5 Å². The quantitative estimate of drug-likeness (QED) is 0.439. The van der Waals surface area contributed by atoms with E-state index in [4.69, 9.17) is 39.6 Å². The van der Waals surface area contributed by atoms with E-state index in [2.05, 4.69) is 5.16 Å². The predicted octanol–water partition coefficient (Wildman–Crippen LogP) is 5.76. The normalized spacial score (nSPS) is 24.2. The fraction of sp³-hybridized carbons (Fsp3) is 0.400. The first kappa shape index (κ1) is 24.8. The molecule has 37 heavy (non-hydrogen) atoms. The Morgan fingerprint density at radius 1 is 1.11 bits per heavy atom. The van der Waals surface area contributed by atoms with Crippen LogP contribution in [0.5, 0.6) is 0 Å². The Balaban J connectivity index is 1.31. The van der Waals surface area contributed by atoms with Gasteiger partial charge >= 0.3 is 6.18 Å². The van der Waals surface area contributed by atoms with Crippen LogP contribution in [0.2, 0.25) is 15.1 Å². The van der Waals surface area contributed by atoms with Crippen LogP contribution >= 0.6 is 34.8 Å². The fourth-order valence-corrected chi connectivity index (χ4v) is 6.02. The maximum absolute atomic E-state index is 14.4. The molecule has 2 amide bonds. The Hall–Kier alpha value is -2.49. The number of hydrogen-bond donors (Lipinski definition) is 0. The molecule has 0 bridgehead atoms. The molecule has 3 heterocycles. The van der Waals surface area contributed by atoms with E-state index < -0.39 is 23.7 Å². The number of benzene rings is 2. The van der Waals surface area contributed by atoms with Crippen molar-refractivity contribution in [2.24, 2.45) is 11.1 Å². The lowest BCUT2D eigenvalue weighted by atomic mass is 9.81. The Labute approximate surface area is 224 Å². The average Bonchev–Trinajstić information content (AvgIpc) is 3.52. The van der Waals surface area contributed by atoms with Crippen LogP contribution in [-0.4, -0.2) is 53.6 Å². The lowest BCUT2D eigenvalue weighted by Gasteiger charge is -2.52. The summed E-state index contributed by atoms with van der Waals surface area (Å²) < 4.78 is 43.2. The molecule has 4 aliphatic rings. The minimum Gasteiger partial charge on any atom is -0.374 e. The summed E-state index contributed by atoms with van der Waals surface area (Å²) in [6, 6.07) is 7.05. The summed E-state index contributed by atoms with van der Waals surface area (Å²) >= 11 is 18.0. The molecule has 0 N–H and O–H groups in total. The first-order chi connectivity index (χ1) is 17.4. The number of fused-ring (bicyclic) bond motifs is 2. The summed E-state index contributed by atoms with van der Waals surface area (Å²) in [5.74, 6) is -0.0607. The largest absolute Gasteiger partial charge is 0.435 e. The summed E-state index contributed by atoms with van der Waals surface area (Å²) in [6.07, 6.45) is -3.72. The zero-order valence-corrected chi connectivity index (χ0v) is 21.6. The molecule has 1 unspecified atom stereocenters. The van der Waals surface area contributed by atoms with Gasteiger partial charge in [-0.3, -0.25) is 9.59 Å². The molecule has 1 saturated heterocycles. The van der Waals surface area contributed by atoms with Gasteiger partial charge in [-0.2, -0.15) is 13.2 Å². The zero-order chi connectivity index (χ0) is 26.5. The third-order valence-corrected chi connectivity index (χ3v) is 9.01. The summed E-state index contributed by atoms with van der Waals surface area (Å²) in [5, 5.41) is 3.44. The zero-order valence-electron chi connectivity index (χ0n) is 19.3. The van der Waals surface area contributed by atoms with Gasteiger partial charge in [0.1, 0.15) is 5.54 Å². The van der Waals surface area contributed by atoms with Crippen molar-refractivity contribution in [3.8, 4) is 0 Å². The van der Waals surface area contributed by atoms with E-state index >= 15 is 0 Å². The van der Waals surface area contributed by atoms with E-state index in [1.54, 1.807) is 35.0 Å². The number of likely N-dealkylation sites (tertiary alicyclic amines) is 1. The molecule has 194 valence electrons. The maximum Gasteiger partial charge on any atom is 0.435 e. The summed E-state index contributed by atoms with van der Waals surface area (Å²) in [5.41, 5.74) is -2.29. The summed E-state index contributed by atoms with van der Waals surface area (Å²) in [7, 11) is 1.68. The van der Waals surface area contributed by atoms with E-state index in [-0.39, 0.29) is 44.1 Å². The van der Waals surface area contributed by atoms with Crippen LogP contribution in [0, 0.1) is 5.92 Å². The molecule has 0 aromatic heterocycles. The van der Waals surface area contributed by atoms with Gasteiger partial charge in [-0.05, 0) is 36.6 Å². The number of alkyl halides is 3. The SMILES string of the molecule is CN1C(=O)c2cc(C3=NOC(c4cc(Cl)c(Cl)c(Cl)c4)(C(F)(F)F)C3)ccc2C12CN(C(=O)C1CC1)C2. The first-order valence-corrected chi connectivity index (χ1v) is 12.7. The fourth-order valence-electron chi connectivity index (χ4n) is 5.42. The van der Waals surface area contributed by atoms with Crippen molar-refractivity contribution < 1.29 is 27.6 Å². The highest BCUT2D eigenvalue weighted by atomic mass is 35.5. The van der Waals surface area contributed by atoms with Crippen LogP contribution in [0.25, 0.3) is 0 Å². The van der Waals surface area contributed by atoms with Gasteiger partial charge in [0.15, 0.2) is 0 Å². The highest BCUT2D eigenvalue weighted by Crippen LogP contribution is 2.51. The van der Waals surface area contributed by atoms with Crippen LogP contribution in [0.1, 0.15) is 46.3 Å². The second-order valence-corrected chi connectivity index (χ2v) is 11.2. The predicted molar refractivity (Wildman–Crippen MR) is 131 cm³/mol. The van der Waals surface area contributed by atoms with E-state index in [1.165, 1.54) is 0 Å². The van der Waals surface area contributed by atoms with Gasteiger partial charge in [0.25, 0.3) is 11.5 Å². The molecule has 1 aliphatic carbocycles. The van der Waals surface area contributed by atoms with Gasteiger partial charge in [0, 0.05) is 36.1 Å². The van der Waals surface area contributed by atoms with Crippen LogP contribution in [0.4, 0.5) is 13.2 Å². The van der Waals surface area contributed by atoms with Gasteiger partial charge < -0.3 is 14.6 Å². The number of amides is 2. The lowest BCUT2D eigenvalue weighted by Crippen LogP contribution is -2.66. The molecule has 1 saturated carbocycles. The first-order valence-electron chi connectivity index (χ1n) is 11.6. The average molecular weight is 573 g/mol. The van der Waals surface area contributed by atoms with Crippen molar-refractivity contribution >= 4 is 52.3 Å². The van der Waals surface area contributed by atoms with Crippen LogP contribution < -0.4 is 0 Å². The highest BCUT2D eigenvalue weighted by Gasteiger charge is 2.63. The topological polar surface area (TPSA) is 62.2 Å². The minimum atomic E-state index is -4.86. The number of likely N-dealkylation sites (N-methyl/N-ethyl adjacent to an activating group) is 1. The smallest absolute Gasteiger partial charge is 0.374 e. The third-order valence-electron chi connectivity index (χ3n) is 7.81. The monoisotopic (exact) mass is 571 g/mol. The van der Waals surface area contributed by atoms with E-state index in [1.807, 2.05) is 0 Å². The van der Waals surface area contributed by atoms with Crippen molar-refractivity contribution in [3.05, 3.63) is 67.7 Å². The molecule has 6 rings (SSSR count). The second kappa shape index (κ2) is 8.01. The molecule has 12 heteroatoms. The van der Waals surface area contributed by atoms with E-state index in [0.29, 0.717) is 24.2 Å². The number of hydrogen-bond acceptors (Lipinski definition) is 4. The van der Waals surface area contributed by atoms with Crippen molar-refractivity contribution in [2.45, 2.75) is 36.6 Å². The van der Waals surface area contributed by atoms with Crippen molar-refractivity contribution in [1.82, 2.24) is 9.80 Å². The van der Waals surface area contributed by atoms with Crippen LogP contribution in [0.15, 0.2) is 35.5 Å². The number of halogens is 6. The Morgan fingerprint density at radius 3 is 2.35 bits per heavy atom. The Kier molecular flexibility index (Phi) is 5.37. The number of nitrogens with zero attached hydrogens (tertiary/aromatic N) is 3. The van der Waals surface area contributed by atoms with Crippen molar-refractivity contribution in [1.29, 1.82) is 0 Å². The molecule has 0 radical (unpaired) electrons. The Morgan fingerprint density at radius 2 is 1.76 bits per heavy atom. The number of carbonyl (C=O) groups excluding carboxylic acids is 2. The molecule has 3 aliphatic heterocycles. The number of oxime groups is 1. The molecule has 2 fully saturated rings. The lowest BCUT2D eigenvalue weighted by molar-refractivity contribution is -0.275. The molecule has 1 atom stereocenters. The van der Waals surface area contributed by atoms with Gasteiger partial charge in [-0.15, -0.1) is 0 Å². The second-order valence-electron chi connectivity index (χ2n) is 10.0. The molecule has 2 aromatic rings. The van der Waals surface area contributed by atoms with Crippen molar-refractivity contribution in [2.75, 3.05) is 20.1 Å². The van der Waals surface area contributed by atoms with Gasteiger partial charge in [0.2, 0.25) is 5.91 Å². The summed E-state index contributed by atoms with van der Waals surface area (Å²) in [4.78, 5) is 34.0. The van der Waals surface area contributed by atoms with Gasteiger partial charge in [-0.1, -0.05) is 52.1 Å². The maximum atomic E-state index is 14.4. The molecule has 1 spiro atoms. The highest BCUT2D eigenvalue weighted by molar-refractivity contribution is 6.48. The molecular weight excluding hydrogens is 554 g/mol. The van der Waals surface area contributed by atoms with Crippen molar-refractivity contribution in [3.63, 3.8) is 0 Å². The standard InChI is InChI=1S/C25H19Cl3F3N3O3/c1-33-22(36)15-6-13(4-5-16(15)23(33)10-34(11-23)21(35)12-2-3-12)19-9-24(37-32-19,25(29,30)31)14-7-17(26)20(28)18(27)8-14/h4-8,12H,2-3,9-11H2,1H3. The summed E-state index contributed by atoms with van der Waals surface area (Å²) in [6.45, 7) is 0.798. The van der Waals surface area contributed by atoms with Crippen LogP contribution in [-0.2, 0) is 20.8 Å². The minimum absolute atomic E-state index is 0.0258. The van der Waals surface area contributed by atoms with Crippen LogP contribution in [0.3, 0.4) is 0 Å². The van der Waals surface area contributed by atoms with Gasteiger partial charge in [-0.25, -0.2) is 0 Å². The molecule has 6 nitrogen and oxygen atoms in total. The third kappa shape index (κ3) is 3.50.